The second-order valence-electron chi connectivity index (χ2n) is 4.04. The summed E-state index contributed by atoms with van der Waals surface area (Å²) in [5.41, 5.74) is 3.66. The molecule has 21 heavy (non-hydrogen) atoms. The zero-order valence-corrected chi connectivity index (χ0v) is 11.7. The van der Waals surface area contributed by atoms with E-state index in [2.05, 4.69) is 15.5 Å². The molecule has 2 aromatic rings. The third-order valence-electron chi connectivity index (χ3n) is 2.75. The predicted molar refractivity (Wildman–Crippen MR) is 78.8 cm³/mol. The van der Waals surface area contributed by atoms with Crippen LogP contribution in [0, 0.1) is 0 Å². The van der Waals surface area contributed by atoms with Crippen LogP contribution in [0.1, 0.15) is 15.9 Å². The Hall–Kier alpha value is -2.89. The second kappa shape index (κ2) is 7.04. The quantitative estimate of drug-likeness (QED) is 0.672. The SMILES string of the molecule is COc1ccc(/C=N/NC(=O)c2ccncc2)c(OC)c1. The Labute approximate surface area is 122 Å². The van der Waals surface area contributed by atoms with Crippen LogP contribution in [0.2, 0.25) is 0 Å². The standard InChI is InChI=1S/C15H15N3O3/c1-20-13-4-3-12(14(9-13)21-2)10-17-18-15(19)11-5-7-16-8-6-11/h3-10H,1-2H3,(H,18,19)/b17-10+. The summed E-state index contributed by atoms with van der Waals surface area (Å²) in [7, 11) is 3.14. The van der Waals surface area contributed by atoms with E-state index in [1.165, 1.54) is 6.21 Å². The number of amides is 1. The number of nitrogens with one attached hydrogen (secondary N) is 1. The molecule has 1 N–H and O–H groups in total. The summed E-state index contributed by atoms with van der Waals surface area (Å²) in [6, 6.07) is 8.54. The fourth-order valence-corrected chi connectivity index (χ4v) is 1.65. The highest BCUT2D eigenvalue weighted by Gasteiger charge is 2.04. The molecule has 0 aliphatic heterocycles. The first kappa shape index (κ1) is 14.5. The highest BCUT2D eigenvalue weighted by molar-refractivity contribution is 5.94. The molecular weight excluding hydrogens is 270 g/mol. The zero-order valence-electron chi connectivity index (χ0n) is 11.7. The van der Waals surface area contributed by atoms with Gasteiger partial charge in [-0.3, -0.25) is 9.78 Å². The molecule has 0 fully saturated rings. The van der Waals surface area contributed by atoms with Gasteiger partial charge in [0.25, 0.3) is 5.91 Å². The normalized spacial score (nSPS) is 10.4. The summed E-state index contributed by atoms with van der Waals surface area (Å²) in [5, 5.41) is 3.92. The van der Waals surface area contributed by atoms with Crippen LogP contribution in [0.5, 0.6) is 11.5 Å². The van der Waals surface area contributed by atoms with Crippen molar-refractivity contribution in [2.24, 2.45) is 5.10 Å². The fraction of sp³-hybridized carbons (Fsp3) is 0.133. The average Bonchev–Trinajstić information content (AvgIpc) is 2.55. The summed E-state index contributed by atoms with van der Waals surface area (Å²) in [4.78, 5) is 15.6. The van der Waals surface area contributed by atoms with E-state index in [0.29, 0.717) is 17.1 Å². The number of carbonyl (C=O) groups excluding carboxylic acids is 1. The Morgan fingerprint density at radius 2 is 1.95 bits per heavy atom. The van der Waals surface area contributed by atoms with Crippen LogP contribution in [-0.4, -0.2) is 31.3 Å². The molecule has 6 nitrogen and oxygen atoms in total. The third-order valence-corrected chi connectivity index (χ3v) is 2.75. The van der Waals surface area contributed by atoms with Crippen LogP contribution < -0.4 is 14.9 Å². The lowest BCUT2D eigenvalue weighted by molar-refractivity contribution is 0.0955. The first-order valence-corrected chi connectivity index (χ1v) is 6.20. The monoisotopic (exact) mass is 285 g/mol. The van der Waals surface area contributed by atoms with E-state index in [1.54, 1.807) is 56.9 Å². The third kappa shape index (κ3) is 3.79. The Morgan fingerprint density at radius 3 is 2.62 bits per heavy atom. The topological polar surface area (TPSA) is 72.8 Å². The van der Waals surface area contributed by atoms with Gasteiger partial charge in [-0.2, -0.15) is 5.10 Å². The molecule has 0 bridgehead atoms. The van der Waals surface area contributed by atoms with Crippen molar-refractivity contribution in [3.8, 4) is 11.5 Å². The zero-order chi connectivity index (χ0) is 15.1. The maximum Gasteiger partial charge on any atom is 0.271 e. The molecule has 0 spiro atoms. The van der Waals surface area contributed by atoms with Crippen LogP contribution in [0.4, 0.5) is 0 Å². The molecule has 0 aliphatic carbocycles. The summed E-state index contributed by atoms with van der Waals surface area (Å²) in [6.07, 6.45) is 4.60. The molecule has 0 unspecified atom stereocenters. The summed E-state index contributed by atoms with van der Waals surface area (Å²) in [6.45, 7) is 0. The molecule has 0 saturated heterocycles. The molecule has 0 radical (unpaired) electrons. The van der Waals surface area contributed by atoms with Crippen LogP contribution in [0.15, 0.2) is 47.8 Å². The van der Waals surface area contributed by atoms with Gasteiger partial charge < -0.3 is 9.47 Å². The second-order valence-corrected chi connectivity index (χ2v) is 4.04. The van der Waals surface area contributed by atoms with E-state index >= 15 is 0 Å². The maximum atomic E-state index is 11.8. The number of methoxy groups -OCH3 is 2. The Morgan fingerprint density at radius 1 is 1.19 bits per heavy atom. The number of hydrogen-bond donors (Lipinski definition) is 1. The Bertz CT molecular complexity index is 642. The van der Waals surface area contributed by atoms with Crippen molar-refractivity contribution < 1.29 is 14.3 Å². The van der Waals surface area contributed by atoms with Crippen LogP contribution in [-0.2, 0) is 0 Å². The molecule has 6 heteroatoms. The molecule has 1 aromatic carbocycles. The van der Waals surface area contributed by atoms with Gasteiger partial charge in [0.05, 0.1) is 20.4 Å². The van der Waals surface area contributed by atoms with E-state index in [4.69, 9.17) is 9.47 Å². The van der Waals surface area contributed by atoms with Crippen molar-refractivity contribution in [1.82, 2.24) is 10.4 Å². The van der Waals surface area contributed by atoms with Gasteiger partial charge in [0.2, 0.25) is 0 Å². The van der Waals surface area contributed by atoms with Gasteiger partial charge in [-0.05, 0) is 24.3 Å². The van der Waals surface area contributed by atoms with Crippen molar-refractivity contribution >= 4 is 12.1 Å². The minimum atomic E-state index is -0.305. The van der Waals surface area contributed by atoms with E-state index < -0.39 is 0 Å². The van der Waals surface area contributed by atoms with Gasteiger partial charge in [0.1, 0.15) is 11.5 Å². The lowest BCUT2D eigenvalue weighted by atomic mass is 10.2. The minimum Gasteiger partial charge on any atom is -0.497 e. The molecule has 1 heterocycles. The Kier molecular flexibility index (Phi) is 4.87. The van der Waals surface area contributed by atoms with Crippen molar-refractivity contribution in [1.29, 1.82) is 0 Å². The first-order valence-electron chi connectivity index (χ1n) is 6.20. The van der Waals surface area contributed by atoms with Crippen LogP contribution >= 0.6 is 0 Å². The smallest absolute Gasteiger partial charge is 0.271 e. The van der Waals surface area contributed by atoms with Crippen LogP contribution in [0.3, 0.4) is 0 Å². The number of pyridine rings is 1. The van der Waals surface area contributed by atoms with Gasteiger partial charge >= 0.3 is 0 Å². The molecule has 0 saturated carbocycles. The molecule has 108 valence electrons. The van der Waals surface area contributed by atoms with Crippen LogP contribution in [0.25, 0.3) is 0 Å². The van der Waals surface area contributed by atoms with Gasteiger partial charge in [0, 0.05) is 29.6 Å². The molecule has 2 rings (SSSR count). The number of benzene rings is 1. The molecule has 1 amide bonds. The predicted octanol–water partition coefficient (Wildman–Crippen LogP) is 1.86. The maximum absolute atomic E-state index is 11.8. The lowest BCUT2D eigenvalue weighted by Gasteiger charge is -2.06. The lowest BCUT2D eigenvalue weighted by Crippen LogP contribution is -2.17. The van der Waals surface area contributed by atoms with E-state index in [-0.39, 0.29) is 5.91 Å². The molecule has 0 aliphatic rings. The molecule has 1 aromatic heterocycles. The van der Waals surface area contributed by atoms with Crippen molar-refractivity contribution in [3.63, 3.8) is 0 Å². The van der Waals surface area contributed by atoms with Gasteiger partial charge in [0.15, 0.2) is 0 Å². The fourth-order valence-electron chi connectivity index (χ4n) is 1.65. The number of nitrogens with zero attached hydrogens (tertiary/aromatic N) is 2. The highest BCUT2D eigenvalue weighted by Crippen LogP contribution is 2.22. The number of ether oxygens (including phenoxy) is 2. The number of hydrazone groups is 1. The molecule has 0 atom stereocenters. The van der Waals surface area contributed by atoms with Crippen molar-refractivity contribution in [2.45, 2.75) is 0 Å². The summed E-state index contributed by atoms with van der Waals surface area (Å²) >= 11 is 0. The number of carbonyl (C=O) groups is 1. The average molecular weight is 285 g/mol. The van der Waals surface area contributed by atoms with Crippen molar-refractivity contribution in [3.05, 3.63) is 53.9 Å². The summed E-state index contributed by atoms with van der Waals surface area (Å²) in [5.74, 6) is 0.988. The number of aromatic nitrogens is 1. The minimum absolute atomic E-state index is 0.305. The van der Waals surface area contributed by atoms with E-state index in [1.807, 2.05) is 0 Å². The number of hydrogen-bond acceptors (Lipinski definition) is 5. The van der Waals surface area contributed by atoms with E-state index in [0.717, 1.165) is 5.56 Å². The summed E-state index contributed by atoms with van der Waals surface area (Å²) < 4.78 is 10.3. The first-order chi connectivity index (χ1) is 10.2. The largest absolute Gasteiger partial charge is 0.497 e. The highest BCUT2D eigenvalue weighted by atomic mass is 16.5. The van der Waals surface area contributed by atoms with E-state index in [9.17, 15) is 4.79 Å². The number of rotatable bonds is 5. The van der Waals surface area contributed by atoms with Gasteiger partial charge in [-0.15, -0.1) is 0 Å². The van der Waals surface area contributed by atoms with Gasteiger partial charge in [-0.1, -0.05) is 0 Å². The van der Waals surface area contributed by atoms with Gasteiger partial charge in [-0.25, -0.2) is 5.43 Å². The molecular formula is C15H15N3O3. The Balaban J connectivity index is 2.06. The van der Waals surface area contributed by atoms with Crippen molar-refractivity contribution in [2.75, 3.05) is 14.2 Å².